The highest BCUT2D eigenvalue weighted by molar-refractivity contribution is 6.51. The summed E-state index contributed by atoms with van der Waals surface area (Å²) in [5, 5.41) is 11.2. The van der Waals surface area contributed by atoms with Gasteiger partial charge in [0.15, 0.2) is 0 Å². The maximum atomic E-state index is 13.3. The number of amides is 1. The second-order valence-electron chi connectivity index (χ2n) is 8.03. The van der Waals surface area contributed by atoms with Gasteiger partial charge < -0.3 is 14.6 Å². The lowest BCUT2D eigenvalue weighted by molar-refractivity contribution is -0.142. The minimum atomic E-state index is -0.946. The summed E-state index contributed by atoms with van der Waals surface area (Å²) in [5.74, 6) is -1.74. The Morgan fingerprint density at radius 1 is 1.00 bits per heavy atom. The lowest BCUT2D eigenvalue weighted by Gasteiger charge is -2.24. The average molecular weight is 487 g/mol. The van der Waals surface area contributed by atoms with Gasteiger partial charge in [-0.2, -0.15) is 0 Å². The molecule has 184 valence electrons. The van der Waals surface area contributed by atoms with E-state index in [9.17, 15) is 19.5 Å². The van der Waals surface area contributed by atoms with E-state index in [0.717, 1.165) is 0 Å². The van der Waals surface area contributed by atoms with Gasteiger partial charge in [0.05, 0.1) is 30.9 Å². The molecule has 1 unspecified atom stereocenters. The predicted octanol–water partition coefficient (Wildman–Crippen LogP) is 4.21. The van der Waals surface area contributed by atoms with Crippen LogP contribution in [-0.2, 0) is 25.5 Å². The minimum Gasteiger partial charge on any atom is -0.507 e. The highest BCUT2D eigenvalue weighted by Crippen LogP contribution is 2.41. The van der Waals surface area contributed by atoms with Crippen LogP contribution in [0.5, 0.6) is 5.75 Å². The number of benzene rings is 2. The number of pyridine rings is 1. The number of carbonyl (C=O) groups excluding carboxylic acids is 3. The number of ketones is 1. The zero-order chi connectivity index (χ0) is 25.7. The molecule has 1 fully saturated rings. The van der Waals surface area contributed by atoms with E-state index < -0.39 is 17.7 Å². The van der Waals surface area contributed by atoms with E-state index in [4.69, 9.17) is 9.47 Å². The standard InChI is InChI=1S/C28H26N2O6/c1-3-35-21-9-7-8-19(17-21)26(32)24-25(22-10-5-6-15-29-22)30(28(34)27(24)33)20-13-11-18(12-14-20)16-23(31)36-4-2/h5-15,17,25,32H,3-4,16H2,1-2H3/b26-24-. The van der Waals surface area contributed by atoms with Crippen LogP contribution in [0, 0.1) is 0 Å². The van der Waals surface area contributed by atoms with Crippen molar-refractivity contribution in [3.63, 3.8) is 0 Å². The number of esters is 1. The number of aliphatic hydroxyl groups is 1. The van der Waals surface area contributed by atoms with E-state index in [1.54, 1.807) is 79.9 Å². The van der Waals surface area contributed by atoms with Crippen molar-refractivity contribution in [1.29, 1.82) is 0 Å². The third-order valence-electron chi connectivity index (χ3n) is 5.70. The van der Waals surface area contributed by atoms with Crippen molar-refractivity contribution in [1.82, 2.24) is 4.98 Å². The lowest BCUT2D eigenvalue weighted by Crippen LogP contribution is -2.29. The van der Waals surface area contributed by atoms with Gasteiger partial charge in [0.2, 0.25) is 0 Å². The molecule has 1 atom stereocenters. The molecule has 2 heterocycles. The van der Waals surface area contributed by atoms with Crippen molar-refractivity contribution in [2.45, 2.75) is 26.3 Å². The van der Waals surface area contributed by atoms with E-state index in [-0.39, 0.29) is 23.7 Å². The fraction of sp³-hybridized carbons (Fsp3) is 0.214. The summed E-state index contributed by atoms with van der Waals surface area (Å²) < 4.78 is 10.5. The van der Waals surface area contributed by atoms with Crippen LogP contribution >= 0.6 is 0 Å². The van der Waals surface area contributed by atoms with Crippen LogP contribution in [0.4, 0.5) is 5.69 Å². The summed E-state index contributed by atoms with van der Waals surface area (Å²) in [6, 6.07) is 17.7. The van der Waals surface area contributed by atoms with Gasteiger partial charge in [0, 0.05) is 17.4 Å². The number of aliphatic hydroxyl groups excluding tert-OH is 1. The van der Waals surface area contributed by atoms with E-state index in [2.05, 4.69) is 4.98 Å². The number of hydrogen-bond acceptors (Lipinski definition) is 7. The van der Waals surface area contributed by atoms with Crippen LogP contribution in [0.25, 0.3) is 5.76 Å². The summed E-state index contributed by atoms with van der Waals surface area (Å²) >= 11 is 0. The maximum absolute atomic E-state index is 13.3. The van der Waals surface area contributed by atoms with Crippen LogP contribution in [0.1, 0.15) is 36.7 Å². The summed E-state index contributed by atoms with van der Waals surface area (Å²) in [6.45, 7) is 4.31. The Morgan fingerprint density at radius 2 is 1.78 bits per heavy atom. The minimum absolute atomic E-state index is 0.0667. The Kier molecular flexibility index (Phi) is 7.44. The predicted molar refractivity (Wildman–Crippen MR) is 133 cm³/mol. The fourth-order valence-electron chi connectivity index (χ4n) is 4.12. The largest absolute Gasteiger partial charge is 0.507 e. The third-order valence-corrected chi connectivity index (χ3v) is 5.70. The summed E-state index contributed by atoms with van der Waals surface area (Å²) in [5.41, 5.74) is 1.85. The number of aromatic nitrogens is 1. The Bertz CT molecular complexity index is 1300. The number of Topliss-reactive ketones (excluding diaryl/α,β-unsaturated/α-hetero) is 1. The number of carbonyl (C=O) groups is 3. The summed E-state index contributed by atoms with van der Waals surface area (Å²) in [7, 11) is 0. The molecule has 3 aromatic rings. The second kappa shape index (κ2) is 10.9. The van der Waals surface area contributed by atoms with Gasteiger partial charge in [0.1, 0.15) is 17.6 Å². The molecule has 0 radical (unpaired) electrons. The van der Waals surface area contributed by atoms with Gasteiger partial charge in [-0.05, 0) is 55.8 Å². The molecule has 8 heteroatoms. The molecule has 1 saturated heterocycles. The quantitative estimate of drug-likeness (QED) is 0.220. The highest BCUT2D eigenvalue weighted by atomic mass is 16.5. The zero-order valence-electron chi connectivity index (χ0n) is 20.0. The first-order chi connectivity index (χ1) is 17.4. The number of rotatable bonds is 8. The van der Waals surface area contributed by atoms with Crippen molar-refractivity contribution in [3.8, 4) is 5.75 Å². The molecule has 2 aromatic carbocycles. The lowest BCUT2D eigenvalue weighted by atomic mass is 9.98. The normalized spacial score (nSPS) is 16.7. The first-order valence-electron chi connectivity index (χ1n) is 11.6. The van der Waals surface area contributed by atoms with Crippen molar-refractivity contribution >= 4 is 29.1 Å². The smallest absolute Gasteiger partial charge is 0.310 e. The van der Waals surface area contributed by atoms with Crippen molar-refractivity contribution < 1.29 is 29.0 Å². The van der Waals surface area contributed by atoms with Gasteiger partial charge in [-0.15, -0.1) is 0 Å². The molecule has 0 bridgehead atoms. The molecular formula is C28H26N2O6. The molecule has 1 aliphatic heterocycles. The van der Waals surface area contributed by atoms with Crippen molar-refractivity contribution in [2.75, 3.05) is 18.1 Å². The van der Waals surface area contributed by atoms with E-state index >= 15 is 0 Å². The molecule has 0 saturated carbocycles. The second-order valence-corrected chi connectivity index (χ2v) is 8.03. The Morgan fingerprint density at radius 3 is 2.44 bits per heavy atom. The number of anilines is 1. The van der Waals surface area contributed by atoms with Crippen LogP contribution in [0.3, 0.4) is 0 Å². The first kappa shape index (κ1) is 24.7. The Balaban J connectivity index is 1.79. The molecule has 8 nitrogen and oxygen atoms in total. The maximum Gasteiger partial charge on any atom is 0.310 e. The van der Waals surface area contributed by atoms with Crippen LogP contribution in [0.15, 0.2) is 78.5 Å². The first-order valence-corrected chi connectivity index (χ1v) is 11.6. The summed E-state index contributed by atoms with van der Waals surface area (Å²) in [6.07, 6.45) is 1.65. The van der Waals surface area contributed by atoms with Gasteiger partial charge in [0.25, 0.3) is 11.7 Å². The molecule has 36 heavy (non-hydrogen) atoms. The van der Waals surface area contributed by atoms with E-state index in [0.29, 0.717) is 41.5 Å². The summed E-state index contributed by atoms with van der Waals surface area (Å²) in [4.78, 5) is 44.0. The molecule has 4 rings (SSSR count). The monoisotopic (exact) mass is 486 g/mol. The highest BCUT2D eigenvalue weighted by Gasteiger charge is 2.47. The zero-order valence-corrected chi connectivity index (χ0v) is 20.0. The fourth-order valence-corrected chi connectivity index (χ4v) is 4.12. The van der Waals surface area contributed by atoms with Gasteiger partial charge >= 0.3 is 5.97 Å². The van der Waals surface area contributed by atoms with E-state index in [1.165, 1.54) is 4.90 Å². The van der Waals surface area contributed by atoms with Crippen molar-refractivity contribution in [2.24, 2.45) is 0 Å². The van der Waals surface area contributed by atoms with Crippen LogP contribution < -0.4 is 9.64 Å². The molecule has 1 aliphatic rings. The molecule has 1 N–H and O–H groups in total. The van der Waals surface area contributed by atoms with E-state index in [1.807, 2.05) is 6.92 Å². The Labute approximate surface area is 208 Å². The Hall–Kier alpha value is -4.46. The number of ether oxygens (including phenoxy) is 2. The molecule has 0 spiro atoms. The van der Waals surface area contributed by atoms with Gasteiger partial charge in [-0.1, -0.05) is 30.3 Å². The van der Waals surface area contributed by atoms with Crippen molar-refractivity contribution in [3.05, 3.63) is 95.3 Å². The third kappa shape index (κ3) is 4.98. The van der Waals surface area contributed by atoms with Crippen LogP contribution in [0.2, 0.25) is 0 Å². The topological polar surface area (TPSA) is 106 Å². The average Bonchev–Trinajstić information content (AvgIpc) is 3.15. The molecular weight excluding hydrogens is 460 g/mol. The SMILES string of the molecule is CCOC(=O)Cc1ccc(N2C(=O)C(=O)/C(=C(\O)c3cccc(OCC)c3)C2c2ccccn2)cc1. The molecule has 1 aromatic heterocycles. The molecule has 1 amide bonds. The van der Waals surface area contributed by atoms with Gasteiger partial charge in [-0.3, -0.25) is 24.3 Å². The van der Waals surface area contributed by atoms with Crippen LogP contribution in [-0.4, -0.2) is 41.0 Å². The molecule has 0 aliphatic carbocycles. The van der Waals surface area contributed by atoms with Gasteiger partial charge in [-0.25, -0.2) is 0 Å². The number of hydrogen-bond donors (Lipinski definition) is 1. The number of nitrogens with zero attached hydrogens (tertiary/aromatic N) is 2.